The summed E-state index contributed by atoms with van der Waals surface area (Å²) in [6.07, 6.45) is 0.824. The predicted molar refractivity (Wildman–Crippen MR) is 135 cm³/mol. The number of fused-ring (bicyclic) bond motifs is 1. The van der Waals surface area contributed by atoms with E-state index in [0.29, 0.717) is 24.5 Å². The van der Waals surface area contributed by atoms with E-state index < -0.39 is 0 Å². The molecule has 0 radical (unpaired) electrons. The number of carbonyl (C=O) groups is 1. The number of benzene rings is 3. The molecule has 1 saturated carbocycles. The van der Waals surface area contributed by atoms with Crippen molar-refractivity contribution < 1.29 is 9.90 Å². The van der Waals surface area contributed by atoms with E-state index in [0.717, 1.165) is 17.5 Å². The van der Waals surface area contributed by atoms with E-state index in [1.165, 1.54) is 10.1 Å². The van der Waals surface area contributed by atoms with Gasteiger partial charge in [-0.1, -0.05) is 72.8 Å². The fraction of sp³-hybridized carbons (Fsp3) is 0.214. The Morgan fingerprint density at radius 1 is 0.857 bits per heavy atom. The lowest BCUT2D eigenvalue weighted by atomic mass is 10.1. The van der Waals surface area contributed by atoms with E-state index in [4.69, 9.17) is 0 Å². The van der Waals surface area contributed by atoms with Crippen molar-refractivity contribution in [3.05, 3.63) is 107 Å². The lowest BCUT2D eigenvalue weighted by Gasteiger charge is -2.27. The molecular formula is C28H26N4O3. The molecule has 2 atom stereocenters. The van der Waals surface area contributed by atoms with Crippen LogP contribution < -0.4 is 11.0 Å². The highest BCUT2D eigenvalue weighted by molar-refractivity contribution is 5.89. The average molecular weight is 467 g/mol. The molecule has 1 fully saturated rings. The number of nitrogens with zero attached hydrogens (tertiary/aromatic N) is 3. The van der Waals surface area contributed by atoms with Crippen LogP contribution in [-0.4, -0.2) is 31.7 Å². The molecule has 0 bridgehead atoms. The van der Waals surface area contributed by atoms with Crippen LogP contribution >= 0.6 is 0 Å². The molecule has 1 aliphatic carbocycles. The number of urea groups is 1. The van der Waals surface area contributed by atoms with Crippen molar-refractivity contribution in [2.75, 3.05) is 11.9 Å². The number of anilines is 1. The molecule has 7 nitrogen and oxygen atoms in total. The van der Waals surface area contributed by atoms with Crippen molar-refractivity contribution in [1.29, 1.82) is 0 Å². The first-order chi connectivity index (χ1) is 17.1. The number of aromatic hydroxyl groups is 1. The van der Waals surface area contributed by atoms with Gasteiger partial charge < -0.3 is 15.3 Å². The molecule has 6 rings (SSSR count). The maximum absolute atomic E-state index is 13.1. The van der Waals surface area contributed by atoms with Crippen molar-refractivity contribution in [3.63, 3.8) is 0 Å². The van der Waals surface area contributed by atoms with Crippen molar-refractivity contribution in [3.8, 4) is 17.0 Å². The standard InChI is InChI=1S/C28H26N4O3/c33-26-25-18-30(27(34)29-22-13-11-20(12-14-22)19-7-3-1-4-8-19)15-16-31(25)28(35)32(26)24-17-23(24)21-9-5-2-6-10-21/h1-14,23-24,33H,15-18H2,(H,29,34)/t23-,24+/m1/s1. The monoisotopic (exact) mass is 466 g/mol. The molecule has 0 saturated heterocycles. The van der Waals surface area contributed by atoms with Gasteiger partial charge in [0.25, 0.3) is 0 Å². The summed E-state index contributed by atoms with van der Waals surface area (Å²) in [7, 11) is 0. The fourth-order valence-electron chi connectivity index (χ4n) is 5.04. The SMILES string of the molecule is O=C(Nc1ccc(-c2ccccc2)cc1)N1CCn2c(c(O)n([C@H]3C[C@@H]3c3ccccc3)c2=O)C1. The van der Waals surface area contributed by atoms with Crippen LogP contribution in [0.1, 0.15) is 29.6 Å². The minimum Gasteiger partial charge on any atom is -0.493 e. The summed E-state index contributed by atoms with van der Waals surface area (Å²) in [4.78, 5) is 27.6. The third kappa shape index (κ3) is 3.89. The van der Waals surface area contributed by atoms with Crippen LogP contribution in [0.3, 0.4) is 0 Å². The third-order valence-corrected chi connectivity index (χ3v) is 7.03. The summed E-state index contributed by atoms with van der Waals surface area (Å²) in [5, 5.41) is 13.9. The maximum Gasteiger partial charge on any atom is 0.331 e. The van der Waals surface area contributed by atoms with Crippen LogP contribution in [0.2, 0.25) is 0 Å². The van der Waals surface area contributed by atoms with Gasteiger partial charge in [-0.05, 0) is 35.2 Å². The normalized spacial score (nSPS) is 18.7. The number of carbonyl (C=O) groups excluding carboxylic acids is 1. The third-order valence-electron chi connectivity index (χ3n) is 7.03. The summed E-state index contributed by atoms with van der Waals surface area (Å²) in [5.41, 5.74) is 4.36. The molecule has 3 aromatic carbocycles. The first-order valence-corrected chi connectivity index (χ1v) is 11.9. The fourth-order valence-corrected chi connectivity index (χ4v) is 5.04. The molecule has 2 N–H and O–H groups in total. The van der Waals surface area contributed by atoms with Crippen LogP contribution in [0.4, 0.5) is 10.5 Å². The highest BCUT2D eigenvalue weighted by atomic mass is 16.3. The topological polar surface area (TPSA) is 79.5 Å². The van der Waals surface area contributed by atoms with E-state index in [9.17, 15) is 14.7 Å². The summed E-state index contributed by atoms with van der Waals surface area (Å²) >= 11 is 0. The second-order valence-corrected chi connectivity index (χ2v) is 9.19. The Balaban J connectivity index is 1.16. The van der Waals surface area contributed by atoms with Crippen molar-refractivity contribution in [2.24, 2.45) is 0 Å². The van der Waals surface area contributed by atoms with E-state index in [2.05, 4.69) is 17.4 Å². The molecule has 1 aliphatic heterocycles. The number of nitrogens with one attached hydrogen (secondary N) is 1. The van der Waals surface area contributed by atoms with Crippen LogP contribution in [0.5, 0.6) is 5.88 Å². The second kappa shape index (κ2) is 8.51. The number of aromatic nitrogens is 2. The maximum atomic E-state index is 13.1. The van der Waals surface area contributed by atoms with Gasteiger partial charge in [0.1, 0.15) is 5.69 Å². The molecule has 4 aromatic rings. The highest BCUT2D eigenvalue weighted by Crippen LogP contribution is 2.52. The highest BCUT2D eigenvalue weighted by Gasteiger charge is 2.44. The van der Waals surface area contributed by atoms with Gasteiger partial charge in [-0.25, -0.2) is 9.59 Å². The molecule has 2 aliphatic rings. The van der Waals surface area contributed by atoms with Gasteiger partial charge >= 0.3 is 11.7 Å². The Morgan fingerprint density at radius 2 is 1.51 bits per heavy atom. The van der Waals surface area contributed by atoms with E-state index in [-0.39, 0.29) is 36.1 Å². The number of amides is 2. The van der Waals surface area contributed by atoms with Crippen LogP contribution in [0, 0.1) is 0 Å². The van der Waals surface area contributed by atoms with Crippen LogP contribution in [-0.2, 0) is 13.1 Å². The summed E-state index contributed by atoms with van der Waals surface area (Å²) < 4.78 is 3.12. The molecule has 0 spiro atoms. The van der Waals surface area contributed by atoms with Crippen LogP contribution in [0.25, 0.3) is 11.1 Å². The van der Waals surface area contributed by atoms with Gasteiger partial charge in [0, 0.05) is 30.7 Å². The van der Waals surface area contributed by atoms with Gasteiger partial charge in [0.2, 0.25) is 5.88 Å². The zero-order valence-corrected chi connectivity index (χ0v) is 19.2. The Bertz CT molecular complexity index is 1430. The molecule has 2 amide bonds. The first-order valence-electron chi connectivity index (χ1n) is 11.9. The minimum atomic E-state index is -0.253. The van der Waals surface area contributed by atoms with Gasteiger partial charge in [-0.15, -0.1) is 0 Å². The largest absolute Gasteiger partial charge is 0.493 e. The van der Waals surface area contributed by atoms with E-state index >= 15 is 0 Å². The second-order valence-electron chi connectivity index (χ2n) is 9.19. The quantitative estimate of drug-likeness (QED) is 0.454. The first kappa shape index (κ1) is 21.3. The summed E-state index contributed by atoms with van der Waals surface area (Å²) in [5.74, 6) is 0.200. The molecule has 176 valence electrons. The van der Waals surface area contributed by atoms with Crippen molar-refractivity contribution in [2.45, 2.75) is 31.5 Å². The van der Waals surface area contributed by atoms with E-state index in [1.54, 1.807) is 9.47 Å². The van der Waals surface area contributed by atoms with Crippen molar-refractivity contribution in [1.82, 2.24) is 14.0 Å². The molecule has 0 unspecified atom stereocenters. The van der Waals surface area contributed by atoms with Crippen LogP contribution in [0.15, 0.2) is 89.7 Å². The molecule has 35 heavy (non-hydrogen) atoms. The zero-order valence-electron chi connectivity index (χ0n) is 19.2. The molecular weight excluding hydrogens is 440 g/mol. The van der Waals surface area contributed by atoms with Gasteiger partial charge in [-0.3, -0.25) is 9.13 Å². The number of hydrogen-bond acceptors (Lipinski definition) is 3. The molecule has 7 heteroatoms. The minimum absolute atomic E-state index is 0.0249. The Hall–Kier alpha value is -4.26. The zero-order chi connectivity index (χ0) is 23.9. The lowest BCUT2D eigenvalue weighted by Crippen LogP contribution is -2.42. The number of rotatable bonds is 4. The smallest absolute Gasteiger partial charge is 0.331 e. The summed E-state index contributed by atoms with van der Waals surface area (Å²) in [6.45, 7) is 0.944. The molecule has 2 heterocycles. The van der Waals surface area contributed by atoms with Gasteiger partial charge in [0.05, 0.1) is 6.54 Å². The lowest BCUT2D eigenvalue weighted by molar-refractivity contribution is 0.195. The number of imidazole rings is 1. The number of hydrogen-bond donors (Lipinski definition) is 2. The molecule has 1 aromatic heterocycles. The Morgan fingerprint density at radius 3 is 2.23 bits per heavy atom. The average Bonchev–Trinajstić information content (AvgIpc) is 3.65. The Kier molecular flexibility index (Phi) is 5.17. The van der Waals surface area contributed by atoms with Gasteiger partial charge in [0.15, 0.2) is 0 Å². The van der Waals surface area contributed by atoms with Gasteiger partial charge in [-0.2, -0.15) is 0 Å². The summed E-state index contributed by atoms with van der Waals surface area (Å²) in [6, 6.07) is 27.5. The van der Waals surface area contributed by atoms with Crippen molar-refractivity contribution >= 4 is 11.7 Å². The Labute approximate surface area is 202 Å². The van der Waals surface area contributed by atoms with E-state index in [1.807, 2.05) is 72.8 Å². The predicted octanol–water partition coefficient (Wildman–Crippen LogP) is 4.80.